The van der Waals surface area contributed by atoms with Crippen molar-refractivity contribution < 1.29 is 0 Å². The molecule has 1 heterocycles. The van der Waals surface area contributed by atoms with Gasteiger partial charge in [-0.15, -0.1) is 0 Å². The summed E-state index contributed by atoms with van der Waals surface area (Å²) in [5, 5.41) is 14.1. The molecule has 0 aliphatic carbocycles. The molecular formula is C11H19N7S. The van der Waals surface area contributed by atoms with Gasteiger partial charge in [0.15, 0.2) is 6.19 Å². The number of aromatic amines is 1. The second kappa shape index (κ2) is 9.24. The first-order valence-corrected chi connectivity index (χ1v) is 7.13. The van der Waals surface area contributed by atoms with Crippen molar-refractivity contribution >= 4 is 17.7 Å². The number of nitrogens with one attached hydrogen (secondary N) is 3. The Hall–Kier alpha value is -1.72. The van der Waals surface area contributed by atoms with Gasteiger partial charge in [-0.3, -0.25) is 10.3 Å². The topological polar surface area (TPSA) is 115 Å². The van der Waals surface area contributed by atoms with Crippen molar-refractivity contribution in [1.82, 2.24) is 20.6 Å². The third-order valence-electron chi connectivity index (χ3n) is 2.11. The molecule has 0 aliphatic rings. The average molecular weight is 281 g/mol. The van der Waals surface area contributed by atoms with E-state index < -0.39 is 0 Å². The van der Waals surface area contributed by atoms with Gasteiger partial charge in [0, 0.05) is 30.7 Å². The normalized spacial score (nSPS) is 11.1. The summed E-state index contributed by atoms with van der Waals surface area (Å²) in [6, 6.07) is 0. The largest absolute Gasteiger partial charge is 0.355 e. The number of nitrogens with two attached hydrogens (primary N) is 1. The van der Waals surface area contributed by atoms with E-state index in [1.165, 1.54) is 0 Å². The summed E-state index contributed by atoms with van der Waals surface area (Å²) in [5.74, 6) is 3.20. The smallest absolute Gasteiger partial charge is 0.204 e. The maximum absolute atomic E-state index is 8.56. The monoisotopic (exact) mass is 281 g/mol. The van der Waals surface area contributed by atoms with E-state index >= 15 is 0 Å². The van der Waals surface area contributed by atoms with Crippen molar-refractivity contribution in [1.29, 1.82) is 5.26 Å². The SMILES string of the molecule is Cc1cnc(CSCCNC(=NCCN)NC#N)[nH]1. The fraction of sp³-hybridized carbons (Fsp3) is 0.545. The summed E-state index contributed by atoms with van der Waals surface area (Å²) in [6.45, 7) is 3.67. The van der Waals surface area contributed by atoms with Crippen molar-refractivity contribution in [2.24, 2.45) is 10.7 Å². The van der Waals surface area contributed by atoms with Crippen LogP contribution in [0.1, 0.15) is 11.5 Å². The molecule has 0 fully saturated rings. The van der Waals surface area contributed by atoms with E-state index in [0.717, 1.165) is 29.6 Å². The van der Waals surface area contributed by atoms with Gasteiger partial charge in [-0.25, -0.2) is 4.98 Å². The number of aryl methyl sites for hydroxylation is 1. The third-order valence-corrected chi connectivity index (χ3v) is 3.08. The van der Waals surface area contributed by atoms with Crippen LogP contribution in [0.2, 0.25) is 0 Å². The van der Waals surface area contributed by atoms with E-state index in [9.17, 15) is 0 Å². The average Bonchev–Trinajstić information content (AvgIpc) is 2.81. The first-order chi connectivity index (χ1) is 9.26. The zero-order valence-corrected chi connectivity index (χ0v) is 11.8. The molecule has 0 atom stereocenters. The van der Waals surface area contributed by atoms with Crippen LogP contribution in [0.15, 0.2) is 11.2 Å². The maximum Gasteiger partial charge on any atom is 0.204 e. The molecule has 0 radical (unpaired) electrons. The fourth-order valence-corrected chi connectivity index (χ4v) is 2.05. The molecule has 0 unspecified atom stereocenters. The summed E-state index contributed by atoms with van der Waals surface area (Å²) in [5.41, 5.74) is 6.43. The van der Waals surface area contributed by atoms with Gasteiger partial charge in [-0.1, -0.05) is 0 Å². The van der Waals surface area contributed by atoms with Crippen LogP contribution in [0.3, 0.4) is 0 Å². The lowest BCUT2D eigenvalue weighted by molar-refractivity contribution is 0.892. The van der Waals surface area contributed by atoms with Gasteiger partial charge < -0.3 is 16.0 Å². The van der Waals surface area contributed by atoms with Gasteiger partial charge in [0.2, 0.25) is 5.96 Å². The zero-order valence-electron chi connectivity index (χ0n) is 10.9. The molecule has 0 bridgehead atoms. The Morgan fingerprint density at radius 2 is 2.53 bits per heavy atom. The molecule has 1 aromatic heterocycles. The van der Waals surface area contributed by atoms with Crippen LogP contribution in [0, 0.1) is 18.4 Å². The third kappa shape index (κ3) is 6.69. The number of thioether (sulfide) groups is 1. The predicted molar refractivity (Wildman–Crippen MR) is 77.6 cm³/mol. The van der Waals surface area contributed by atoms with Gasteiger partial charge in [-0.2, -0.15) is 17.0 Å². The number of aliphatic imine (C=N–C) groups is 1. The zero-order chi connectivity index (χ0) is 13.9. The first kappa shape index (κ1) is 15.3. The maximum atomic E-state index is 8.56. The van der Waals surface area contributed by atoms with E-state index in [1.807, 2.05) is 19.3 Å². The van der Waals surface area contributed by atoms with E-state index in [0.29, 0.717) is 19.0 Å². The second-order valence-corrected chi connectivity index (χ2v) is 4.85. The summed E-state index contributed by atoms with van der Waals surface area (Å²) >= 11 is 1.76. The summed E-state index contributed by atoms with van der Waals surface area (Å²) in [7, 11) is 0. The molecular weight excluding hydrogens is 262 g/mol. The van der Waals surface area contributed by atoms with Crippen molar-refractivity contribution in [3.8, 4) is 6.19 Å². The standard InChI is InChI=1S/C11H19N7S/c1-9-6-16-10(18-9)7-19-5-4-15-11(17-8-13)14-3-2-12/h6H,2-5,7,12H2,1H3,(H,16,18)(H2,14,15,17). The van der Waals surface area contributed by atoms with Crippen LogP contribution in [0.5, 0.6) is 0 Å². The molecule has 0 amide bonds. The summed E-state index contributed by atoms with van der Waals surface area (Å²) < 4.78 is 0. The van der Waals surface area contributed by atoms with Crippen molar-refractivity contribution in [3.05, 3.63) is 17.7 Å². The number of aromatic nitrogens is 2. The highest BCUT2D eigenvalue weighted by Crippen LogP contribution is 2.07. The molecule has 104 valence electrons. The molecule has 1 aromatic rings. The molecule has 5 N–H and O–H groups in total. The van der Waals surface area contributed by atoms with Crippen LogP contribution in [0.25, 0.3) is 0 Å². The van der Waals surface area contributed by atoms with E-state index in [2.05, 4.69) is 25.6 Å². The lowest BCUT2D eigenvalue weighted by Gasteiger charge is -2.07. The lowest BCUT2D eigenvalue weighted by Crippen LogP contribution is -2.36. The highest BCUT2D eigenvalue weighted by Gasteiger charge is 1.99. The van der Waals surface area contributed by atoms with Gasteiger partial charge in [-0.05, 0) is 6.92 Å². The van der Waals surface area contributed by atoms with Gasteiger partial charge in [0.25, 0.3) is 0 Å². The molecule has 0 spiro atoms. The molecule has 1 rings (SSSR count). The Bertz CT molecular complexity index is 434. The Balaban J connectivity index is 2.16. The number of imidazole rings is 1. The summed E-state index contributed by atoms with van der Waals surface area (Å²) in [4.78, 5) is 11.5. The number of guanidine groups is 1. The quantitative estimate of drug-likeness (QED) is 0.183. The van der Waals surface area contributed by atoms with Crippen molar-refractivity contribution in [2.45, 2.75) is 12.7 Å². The minimum absolute atomic E-state index is 0.463. The van der Waals surface area contributed by atoms with Crippen LogP contribution < -0.4 is 16.4 Å². The fourth-order valence-electron chi connectivity index (χ4n) is 1.32. The number of H-pyrrole nitrogens is 1. The van der Waals surface area contributed by atoms with Gasteiger partial charge >= 0.3 is 0 Å². The summed E-state index contributed by atoms with van der Waals surface area (Å²) in [6.07, 6.45) is 3.66. The van der Waals surface area contributed by atoms with Crippen LogP contribution in [0.4, 0.5) is 0 Å². The van der Waals surface area contributed by atoms with Gasteiger partial charge in [0.05, 0.1) is 12.3 Å². The van der Waals surface area contributed by atoms with Crippen LogP contribution in [-0.2, 0) is 5.75 Å². The minimum atomic E-state index is 0.463. The molecule has 7 nitrogen and oxygen atoms in total. The van der Waals surface area contributed by atoms with Crippen molar-refractivity contribution in [2.75, 3.05) is 25.4 Å². The second-order valence-electron chi connectivity index (χ2n) is 3.75. The highest BCUT2D eigenvalue weighted by molar-refractivity contribution is 7.98. The first-order valence-electron chi connectivity index (χ1n) is 5.98. The number of nitriles is 1. The lowest BCUT2D eigenvalue weighted by atomic mass is 10.6. The number of nitrogens with zero attached hydrogens (tertiary/aromatic N) is 3. The molecule has 0 saturated heterocycles. The van der Waals surface area contributed by atoms with E-state index in [4.69, 9.17) is 11.0 Å². The van der Waals surface area contributed by atoms with E-state index in [1.54, 1.807) is 11.8 Å². The Labute approximate surface area is 117 Å². The van der Waals surface area contributed by atoms with Crippen molar-refractivity contribution in [3.63, 3.8) is 0 Å². The molecule has 0 saturated carbocycles. The molecule has 0 aliphatic heterocycles. The number of rotatable bonds is 7. The predicted octanol–water partition coefficient (Wildman–Crippen LogP) is -0.0737. The number of hydrogen-bond donors (Lipinski definition) is 4. The van der Waals surface area contributed by atoms with Crippen LogP contribution >= 0.6 is 11.8 Å². The molecule has 0 aromatic carbocycles. The number of hydrogen-bond acceptors (Lipinski definition) is 5. The molecule has 8 heteroatoms. The van der Waals surface area contributed by atoms with E-state index in [-0.39, 0.29) is 0 Å². The van der Waals surface area contributed by atoms with Crippen LogP contribution in [-0.4, -0.2) is 41.3 Å². The van der Waals surface area contributed by atoms with Gasteiger partial charge in [0.1, 0.15) is 5.82 Å². The highest BCUT2D eigenvalue weighted by atomic mass is 32.2. The Morgan fingerprint density at radius 1 is 1.68 bits per heavy atom. The minimum Gasteiger partial charge on any atom is -0.355 e. The molecule has 19 heavy (non-hydrogen) atoms. The Kier molecular flexibility index (Phi) is 7.46. The Morgan fingerprint density at radius 3 is 3.16 bits per heavy atom.